The summed E-state index contributed by atoms with van der Waals surface area (Å²) in [6, 6.07) is 3.77. The molecule has 0 spiro atoms. The van der Waals surface area contributed by atoms with Crippen molar-refractivity contribution in [3.63, 3.8) is 0 Å². The van der Waals surface area contributed by atoms with Crippen LogP contribution in [0.25, 0.3) is 10.6 Å². The molecule has 3 aromatic rings. The van der Waals surface area contributed by atoms with Crippen LogP contribution in [0.3, 0.4) is 0 Å². The number of thiazole rings is 1. The lowest BCUT2D eigenvalue weighted by molar-refractivity contribution is 0.102. The SMILES string of the molecule is O=C(Nc1[nH]ncc1C1CC1)c1csc(-c2cccnc2)n1. The van der Waals surface area contributed by atoms with Crippen LogP contribution in [-0.2, 0) is 0 Å². The van der Waals surface area contributed by atoms with Gasteiger partial charge in [-0.1, -0.05) is 0 Å². The number of carbonyl (C=O) groups is 1. The summed E-state index contributed by atoms with van der Waals surface area (Å²) in [5.74, 6) is 0.983. The van der Waals surface area contributed by atoms with Gasteiger partial charge in [0.05, 0.1) is 6.20 Å². The van der Waals surface area contributed by atoms with E-state index in [9.17, 15) is 4.79 Å². The highest BCUT2D eigenvalue weighted by Crippen LogP contribution is 2.42. The largest absolute Gasteiger partial charge is 0.305 e. The first-order chi connectivity index (χ1) is 10.8. The molecule has 22 heavy (non-hydrogen) atoms. The van der Waals surface area contributed by atoms with E-state index in [0.717, 1.165) is 29.0 Å². The maximum Gasteiger partial charge on any atom is 0.276 e. The molecule has 3 heterocycles. The molecule has 0 saturated heterocycles. The van der Waals surface area contributed by atoms with Crippen LogP contribution in [0.2, 0.25) is 0 Å². The third-order valence-corrected chi connectivity index (χ3v) is 4.46. The first kappa shape index (κ1) is 13.1. The summed E-state index contributed by atoms with van der Waals surface area (Å²) in [6.45, 7) is 0. The molecule has 7 heteroatoms. The van der Waals surface area contributed by atoms with Gasteiger partial charge in [-0.15, -0.1) is 11.3 Å². The number of nitrogens with one attached hydrogen (secondary N) is 2. The normalized spacial score (nSPS) is 14.0. The molecule has 2 N–H and O–H groups in total. The van der Waals surface area contributed by atoms with Crippen molar-refractivity contribution >= 4 is 23.1 Å². The lowest BCUT2D eigenvalue weighted by Gasteiger charge is -2.02. The summed E-state index contributed by atoms with van der Waals surface area (Å²) in [5.41, 5.74) is 2.39. The van der Waals surface area contributed by atoms with Gasteiger partial charge < -0.3 is 5.32 Å². The van der Waals surface area contributed by atoms with Gasteiger partial charge in [0.25, 0.3) is 5.91 Å². The van der Waals surface area contributed by atoms with Gasteiger partial charge in [0.15, 0.2) is 0 Å². The monoisotopic (exact) mass is 311 g/mol. The van der Waals surface area contributed by atoms with Gasteiger partial charge >= 0.3 is 0 Å². The minimum atomic E-state index is -0.224. The molecule has 0 radical (unpaired) electrons. The molecule has 6 nitrogen and oxygen atoms in total. The van der Waals surface area contributed by atoms with Gasteiger partial charge in [0.2, 0.25) is 0 Å². The minimum Gasteiger partial charge on any atom is -0.305 e. The molecule has 0 bridgehead atoms. The highest BCUT2D eigenvalue weighted by Gasteiger charge is 2.28. The second-order valence-electron chi connectivity index (χ2n) is 5.21. The van der Waals surface area contributed by atoms with E-state index in [0.29, 0.717) is 17.4 Å². The Balaban J connectivity index is 1.53. The Hall–Kier alpha value is -2.54. The summed E-state index contributed by atoms with van der Waals surface area (Å²) >= 11 is 1.43. The van der Waals surface area contributed by atoms with Crippen LogP contribution in [0, 0.1) is 0 Å². The van der Waals surface area contributed by atoms with E-state index in [1.54, 1.807) is 24.0 Å². The Morgan fingerprint density at radius 1 is 1.36 bits per heavy atom. The first-order valence-corrected chi connectivity index (χ1v) is 7.90. The quantitative estimate of drug-likeness (QED) is 0.775. The average molecular weight is 311 g/mol. The van der Waals surface area contributed by atoms with E-state index in [4.69, 9.17) is 0 Å². The molecule has 4 rings (SSSR count). The number of pyridine rings is 1. The van der Waals surface area contributed by atoms with E-state index in [1.165, 1.54) is 11.3 Å². The Labute approximate surface area is 130 Å². The van der Waals surface area contributed by atoms with Gasteiger partial charge in [-0.3, -0.25) is 14.9 Å². The van der Waals surface area contributed by atoms with Crippen LogP contribution in [-0.4, -0.2) is 26.1 Å². The minimum absolute atomic E-state index is 0.224. The van der Waals surface area contributed by atoms with Crippen LogP contribution >= 0.6 is 11.3 Å². The molecule has 1 aliphatic carbocycles. The molecule has 1 aliphatic rings. The Bertz CT molecular complexity index is 806. The number of H-pyrrole nitrogens is 1. The highest BCUT2D eigenvalue weighted by atomic mass is 32.1. The lowest BCUT2D eigenvalue weighted by Crippen LogP contribution is -2.13. The standard InChI is InChI=1S/C15H13N5OS/c21-14(19-13-11(7-17-20-13)9-3-4-9)12-8-22-15(18-12)10-2-1-5-16-6-10/h1-2,5-9H,3-4H2,(H2,17,19,20,21). The second-order valence-corrected chi connectivity index (χ2v) is 6.07. The maximum absolute atomic E-state index is 12.3. The summed E-state index contributed by atoms with van der Waals surface area (Å²) < 4.78 is 0. The van der Waals surface area contributed by atoms with Gasteiger partial charge in [-0.2, -0.15) is 5.10 Å². The van der Waals surface area contributed by atoms with Crippen molar-refractivity contribution in [3.05, 3.63) is 47.4 Å². The van der Waals surface area contributed by atoms with Crippen LogP contribution in [0.5, 0.6) is 0 Å². The first-order valence-electron chi connectivity index (χ1n) is 7.02. The zero-order chi connectivity index (χ0) is 14.9. The number of hydrogen-bond donors (Lipinski definition) is 2. The smallest absolute Gasteiger partial charge is 0.276 e. The zero-order valence-corrected chi connectivity index (χ0v) is 12.4. The molecule has 0 aromatic carbocycles. The number of aromatic amines is 1. The van der Waals surface area contributed by atoms with Crippen LogP contribution in [0.4, 0.5) is 5.82 Å². The summed E-state index contributed by atoms with van der Waals surface area (Å²) in [4.78, 5) is 20.8. The molecule has 0 aliphatic heterocycles. The van der Waals surface area contributed by atoms with E-state index in [-0.39, 0.29) is 5.91 Å². The number of nitrogens with zero attached hydrogens (tertiary/aromatic N) is 3. The van der Waals surface area contributed by atoms with Crippen molar-refractivity contribution in [3.8, 4) is 10.6 Å². The van der Waals surface area contributed by atoms with Gasteiger partial charge in [0.1, 0.15) is 16.5 Å². The van der Waals surface area contributed by atoms with Crippen molar-refractivity contribution < 1.29 is 4.79 Å². The maximum atomic E-state index is 12.3. The number of rotatable bonds is 4. The van der Waals surface area contributed by atoms with Crippen molar-refractivity contribution in [2.24, 2.45) is 0 Å². The average Bonchev–Trinajstić information content (AvgIpc) is 3.09. The van der Waals surface area contributed by atoms with E-state index in [2.05, 4.69) is 25.5 Å². The lowest BCUT2D eigenvalue weighted by atomic mass is 10.2. The summed E-state index contributed by atoms with van der Waals surface area (Å²) in [6.07, 6.45) is 7.55. The molecule has 1 amide bonds. The Morgan fingerprint density at radius 2 is 2.27 bits per heavy atom. The van der Waals surface area contributed by atoms with Gasteiger partial charge in [-0.25, -0.2) is 4.98 Å². The van der Waals surface area contributed by atoms with Crippen LogP contribution < -0.4 is 5.32 Å². The van der Waals surface area contributed by atoms with Crippen molar-refractivity contribution in [1.82, 2.24) is 20.2 Å². The number of anilines is 1. The van der Waals surface area contributed by atoms with Crippen molar-refractivity contribution in [2.75, 3.05) is 5.32 Å². The van der Waals surface area contributed by atoms with Crippen LogP contribution in [0.15, 0.2) is 36.1 Å². The molecular weight excluding hydrogens is 298 g/mol. The molecule has 0 atom stereocenters. The fourth-order valence-corrected chi connectivity index (χ4v) is 3.07. The predicted octanol–water partition coefficient (Wildman–Crippen LogP) is 3.06. The molecular formula is C15H13N5OS. The van der Waals surface area contributed by atoms with E-state index in [1.807, 2.05) is 12.1 Å². The van der Waals surface area contributed by atoms with Gasteiger partial charge in [-0.05, 0) is 30.9 Å². The molecule has 3 aromatic heterocycles. The summed E-state index contributed by atoms with van der Waals surface area (Å²) in [5, 5.41) is 12.3. The highest BCUT2D eigenvalue weighted by molar-refractivity contribution is 7.13. The van der Waals surface area contributed by atoms with Crippen LogP contribution in [0.1, 0.15) is 34.8 Å². The van der Waals surface area contributed by atoms with E-state index < -0.39 is 0 Å². The number of aromatic nitrogens is 4. The zero-order valence-electron chi connectivity index (χ0n) is 11.6. The predicted molar refractivity (Wildman–Crippen MR) is 83.9 cm³/mol. The Morgan fingerprint density at radius 3 is 3.05 bits per heavy atom. The molecule has 1 fully saturated rings. The number of carbonyl (C=O) groups excluding carboxylic acids is 1. The molecule has 1 saturated carbocycles. The van der Waals surface area contributed by atoms with Crippen molar-refractivity contribution in [2.45, 2.75) is 18.8 Å². The number of hydrogen-bond acceptors (Lipinski definition) is 5. The fourth-order valence-electron chi connectivity index (χ4n) is 2.28. The van der Waals surface area contributed by atoms with Crippen molar-refractivity contribution in [1.29, 1.82) is 0 Å². The third-order valence-electron chi connectivity index (χ3n) is 3.57. The molecule has 0 unspecified atom stereocenters. The second kappa shape index (κ2) is 5.34. The Kier molecular flexibility index (Phi) is 3.19. The third kappa shape index (κ3) is 2.50. The molecule has 110 valence electrons. The van der Waals surface area contributed by atoms with Gasteiger partial charge in [0, 0.05) is 28.9 Å². The number of amides is 1. The summed E-state index contributed by atoms with van der Waals surface area (Å²) in [7, 11) is 0. The topological polar surface area (TPSA) is 83.6 Å². The fraction of sp³-hybridized carbons (Fsp3) is 0.200. The van der Waals surface area contributed by atoms with E-state index >= 15 is 0 Å².